The number of sulfonamides is 1. The molecule has 0 radical (unpaired) electrons. The first-order valence-corrected chi connectivity index (χ1v) is 10.1. The number of benzene rings is 2. The summed E-state index contributed by atoms with van der Waals surface area (Å²) in [6, 6.07) is 15.1. The van der Waals surface area contributed by atoms with Crippen molar-refractivity contribution in [1.82, 2.24) is 9.71 Å². The Hall–Kier alpha value is -2.44. The topological polar surface area (TPSA) is 79.0 Å². The van der Waals surface area contributed by atoms with Crippen molar-refractivity contribution in [3.63, 3.8) is 0 Å². The minimum absolute atomic E-state index is 0.0674. The molecule has 0 fully saturated rings. The van der Waals surface area contributed by atoms with Crippen LogP contribution in [0.3, 0.4) is 0 Å². The Labute approximate surface area is 153 Å². The van der Waals surface area contributed by atoms with Crippen LogP contribution in [0.1, 0.15) is 22.3 Å². The first-order valence-electron chi connectivity index (χ1n) is 8.48. The van der Waals surface area contributed by atoms with Gasteiger partial charge in [-0.2, -0.15) is 0 Å². The Kier molecular flexibility index (Phi) is 5.25. The molecule has 5 nitrogen and oxygen atoms in total. The summed E-state index contributed by atoms with van der Waals surface area (Å²) in [6.45, 7) is 4.08. The fourth-order valence-corrected chi connectivity index (χ4v) is 4.09. The van der Waals surface area contributed by atoms with Gasteiger partial charge in [-0.3, -0.25) is 4.79 Å². The predicted molar refractivity (Wildman–Crippen MR) is 105 cm³/mol. The smallest absolute Gasteiger partial charge is 0.251 e. The normalized spacial score (nSPS) is 11.8. The van der Waals surface area contributed by atoms with Crippen molar-refractivity contribution >= 4 is 20.9 Å². The van der Waals surface area contributed by atoms with Gasteiger partial charge in [0, 0.05) is 17.6 Å². The number of pyridine rings is 1. The van der Waals surface area contributed by atoms with E-state index >= 15 is 0 Å². The molecule has 0 atom stereocenters. The highest BCUT2D eigenvalue weighted by atomic mass is 32.2. The van der Waals surface area contributed by atoms with E-state index in [1.54, 1.807) is 6.07 Å². The van der Waals surface area contributed by atoms with Crippen LogP contribution in [-0.4, -0.2) is 19.9 Å². The zero-order valence-corrected chi connectivity index (χ0v) is 15.7. The Bertz CT molecular complexity index is 1100. The molecule has 0 saturated carbocycles. The summed E-state index contributed by atoms with van der Waals surface area (Å²) in [6.07, 6.45) is 0.339. The number of fused-ring (bicyclic) bond motifs is 1. The van der Waals surface area contributed by atoms with Gasteiger partial charge >= 0.3 is 0 Å². The number of rotatable bonds is 6. The van der Waals surface area contributed by atoms with E-state index in [9.17, 15) is 13.2 Å². The maximum absolute atomic E-state index is 12.2. The Balaban J connectivity index is 1.67. The van der Waals surface area contributed by atoms with Crippen LogP contribution in [0, 0.1) is 13.8 Å². The lowest BCUT2D eigenvalue weighted by molar-refractivity contribution is 0.580. The van der Waals surface area contributed by atoms with E-state index in [1.807, 2.05) is 56.3 Å². The predicted octanol–water partition coefficient (Wildman–Crippen LogP) is 2.81. The van der Waals surface area contributed by atoms with Crippen molar-refractivity contribution in [2.45, 2.75) is 26.0 Å². The molecule has 0 aliphatic heterocycles. The molecule has 6 heteroatoms. The molecule has 3 rings (SSSR count). The molecular weight excluding hydrogens is 348 g/mol. The number of nitrogens with one attached hydrogen (secondary N) is 2. The fourth-order valence-electron chi connectivity index (χ4n) is 2.96. The van der Waals surface area contributed by atoms with Crippen molar-refractivity contribution in [2.24, 2.45) is 0 Å². The number of hydrogen-bond acceptors (Lipinski definition) is 3. The number of aromatic nitrogens is 1. The van der Waals surface area contributed by atoms with Crippen molar-refractivity contribution in [2.75, 3.05) is 6.54 Å². The second kappa shape index (κ2) is 7.43. The van der Waals surface area contributed by atoms with Crippen molar-refractivity contribution in [3.8, 4) is 0 Å². The third kappa shape index (κ3) is 4.59. The zero-order chi connectivity index (χ0) is 18.7. The van der Waals surface area contributed by atoms with Gasteiger partial charge in [-0.1, -0.05) is 42.0 Å². The summed E-state index contributed by atoms with van der Waals surface area (Å²) in [5.74, 6) is -0.0674. The van der Waals surface area contributed by atoms with Gasteiger partial charge < -0.3 is 4.98 Å². The molecule has 3 aromatic rings. The summed E-state index contributed by atoms with van der Waals surface area (Å²) in [5.41, 5.74) is 4.02. The van der Waals surface area contributed by atoms with Gasteiger partial charge in [0.2, 0.25) is 10.0 Å². The lowest BCUT2D eigenvalue weighted by Crippen LogP contribution is -2.28. The third-order valence-corrected chi connectivity index (χ3v) is 5.59. The van der Waals surface area contributed by atoms with Crippen LogP contribution < -0.4 is 10.3 Å². The van der Waals surface area contributed by atoms with E-state index in [1.165, 1.54) is 0 Å². The first kappa shape index (κ1) is 18.4. The second-order valence-electron chi connectivity index (χ2n) is 6.61. The van der Waals surface area contributed by atoms with E-state index in [-0.39, 0.29) is 17.9 Å². The SMILES string of the molecule is Cc1cccc(CS(=O)(=O)NCCc2cc3ccc(C)cc3[nH]c2=O)c1. The molecule has 0 amide bonds. The molecule has 0 unspecified atom stereocenters. The van der Waals surface area contributed by atoms with Crippen LogP contribution in [0.4, 0.5) is 0 Å². The molecule has 1 heterocycles. The van der Waals surface area contributed by atoms with E-state index in [0.29, 0.717) is 12.0 Å². The van der Waals surface area contributed by atoms with Crippen LogP contribution in [-0.2, 0) is 22.2 Å². The molecule has 0 saturated heterocycles. The highest BCUT2D eigenvalue weighted by Gasteiger charge is 2.12. The van der Waals surface area contributed by atoms with Crippen LogP contribution in [0.25, 0.3) is 10.9 Å². The molecule has 26 heavy (non-hydrogen) atoms. The van der Waals surface area contributed by atoms with Crippen LogP contribution in [0.5, 0.6) is 0 Å². The third-order valence-electron chi connectivity index (χ3n) is 4.23. The largest absolute Gasteiger partial charge is 0.322 e. The molecule has 1 aromatic heterocycles. The standard InChI is InChI=1S/C20H22N2O3S/c1-14-4-3-5-16(10-14)13-26(24,25)21-9-8-18-12-17-7-6-15(2)11-19(17)22-20(18)23/h3-7,10-12,21H,8-9,13H2,1-2H3,(H,22,23). The van der Waals surface area contributed by atoms with Crippen LogP contribution >= 0.6 is 0 Å². The average Bonchev–Trinajstić information content (AvgIpc) is 2.55. The van der Waals surface area contributed by atoms with Crippen LogP contribution in [0.2, 0.25) is 0 Å². The Morgan fingerprint density at radius 1 is 1.00 bits per heavy atom. The Morgan fingerprint density at radius 3 is 2.54 bits per heavy atom. The van der Waals surface area contributed by atoms with Gasteiger partial charge in [0.25, 0.3) is 5.56 Å². The summed E-state index contributed by atoms with van der Waals surface area (Å²) in [7, 11) is -3.44. The lowest BCUT2D eigenvalue weighted by Gasteiger charge is -2.08. The van der Waals surface area contributed by atoms with Gasteiger partial charge in [-0.05, 0) is 48.9 Å². The number of hydrogen-bond donors (Lipinski definition) is 2. The summed E-state index contributed by atoms with van der Waals surface area (Å²) in [4.78, 5) is 15.1. The quantitative estimate of drug-likeness (QED) is 0.700. The molecule has 2 aromatic carbocycles. The van der Waals surface area contributed by atoms with Gasteiger partial charge in [0.05, 0.1) is 5.75 Å². The monoisotopic (exact) mass is 370 g/mol. The average molecular weight is 370 g/mol. The van der Waals surface area contributed by atoms with E-state index in [2.05, 4.69) is 9.71 Å². The molecule has 136 valence electrons. The number of aryl methyl sites for hydroxylation is 2. The van der Waals surface area contributed by atoms with E-state index < -0.39 is 10.0 Å². The maximum Gasteiger partial charge on any atom is 0.251 e. The minimum Gasteiger partial charge on any atom is -0.322 e. The molecule has 2 N–H and O–H groups in total. The van der Waals surface area contributed by atoms with Crippen molar-refractivity contribution in [3.05, 3.63) is 81.1 Å². The molecule has 0 aliphatic carbocycles. The van der Waals surface area contributed by atoms with Gasteiger partial charge in [-0.25, -0.2) is 13.1 Å². The lowest BCUT2D eigenvalue weighted by atomic mass is 10.1. The van der Waals surface area contributed by atoms with Crippen molar-refractivity contribution in [1.29, 1.82) is 0 Å². The molecule has 0 bridgehead atoms. The van der Waals surface area contributed by atoms with Crippen molar-refractivity contribution < 1.29 is 8.42 Å². The maximum atomic E-state index is 12.2. The fraction of sp³-hybridized carbons (Fsp3) is 0.250. The second-order valence-corrected chi connectivity index (χ2v) is 8.41. The van der Waals surface area contributed by atoms with Gasteiger partial charge in [0.15, 0.2) is 0 Å². The number of H-pyrrole nitrogens is 1. The van der Waals surface area contributed by atoms with Gasteiger partial charge in [-0.15, -0.1) is 0 Å². The first-order chi connectivity index (χ1) is 12.3. The highest BCUT2D eigenvalue weighted by molar-refractivity contribution is 7.88. The molecule has 0 aliphatic rings. The zero-order valence-electron chi connectivity index (χ0n) is 14.9. The molecular formula is C20H22N2O3S. The summed E-state index contributed by atoms with van der Waals surface area (Å²) < 4.78 is 27.1. The van der Waals surface area contributed by atoms with E-state index in [4.69, 9.17) is 0 Å². The van der Waals surface area contributed by atoms with E-state index in [0.717, 1.165) is 27.6 Å². The summed E-state index contributed by atoms with van der Waals surface area (Å²) in [5, 5.41) is 0.938. The summed E-state index contributed by atoms with van der Waals surface area (Å²) >= 11 is 0. The van der Waals surface area contributed by atoms with Crippen LogP contribution in [0.15, 0.2) is 53.3 Å². The highest BCUT2D eigenvalue weighted by Crippen LogP contribution is 2.13. The number of aromatic amines is 1. The van der Waals surface area contributed by atoms with Gasteiger partial charge in [0.1, 0.15) is 0 Å². The Morgan fingerprint density at radius 2 is 1.77 bits per heavy atom. The molecule has 0 spiro atoms. The minimum atomic E-state index is -3.44.